The molecule has 6 heteroatoms. The summed E-state index contributed by atoms with van der Waals surface area (Å²) in [7, 11) is 0. The number of halogens is 1. The van der Waals surface area contributed by atoms with Crippen LogP contribution in [0, 0.1) is 0 Å². The summed E-state index contributed by atoms with van der Waals surface area (Å²) in [6.07, 6.45) is 2.56. The molecular formula is C28H28BrN3O2. The number of hydrogen-bond acceptors (Lipinski definition) is 3. The van der Waals surface area contributed by atoms with Gasteiger partial charge in [-0.3, -0.25) is 14.9 Å². The van der Waals surface area contributed by atoms with Crippen molar-refractivity contribution >= 4 is 27.7 Å². The first-order chi connectivity index (χ1) is 16.5. The molecule has 2 aliphatic rings. The second-order valence-corrected chi connectivity index (χ2v) is 10.3. The number of carbonyl (C=O) groups is 2. The Kier molecular flexibility index (Phi) is 6.28. The number of benzene rings is 3. The number of likely N-dealkylation sites (tertiary alicyclic amines) is 1. The number of carbonyl (C=O) groups excluding carboxylic acids is 2. The van der Waals surface area contributed by atoms with Crippen LogP contribution < -0.4 is 10.6 Å². The van der Waals surface area contributed by atoms with Crippen molar-refractivity contribution in [3.8, 4) is 0 Å². The van der Waals surface area contributed by atoms with Crippen LogP contribution in [0.3, 0.4) is 0 Å². The highest BCUT2D eigenvalue weighted by atomic mass is 79.9. The van der Waals surface area contributed by atoms with E-state index in [1.165, 1.54) is 0 Å². The number of piperidine rings is 1. The van der Waals surface area contributed by atoms with Gasteiger partial charge in [0.05, 0.1) is 5.66 Å². The van der Waals surface area contributed by atoms with Crippen molar-refractivity contribution in [2.45, 2.75) is 36.9 Å². The van der Waals surface area contributed by atoms with Gasteiger partial charge in [-0.1, -0.05) is 76.6 Å². The Bertz CT molecular complexity index is 1120. The van der Waals surface area contributed by atoms with Gasteiger partial charge in [-0.15, -0.1) is 0 Å². The molecule has 0 aromatic heterocycles. The zero-order chi connectivity index (χ0) is 23.6. The molecule has 0 unspecified atom stereocenters. The zero-order valence-electron chi connectivity index (χ0n) is 19.0. The highest BCUT2D eigenvalue weighted by Crippen LogP contribution is 2.33. The van der Waals surface area contributed by atoms with Crippen LogP contribution in [-0.4, -0.2) is 41.0 Å². The van der Waals surface area contributed by atoms with Crippen molar-refractivity contribution in [1.82, 2.24) is 15.5 Å². The van der Waals surface area contributed by atoms with Gasteiger partial charge in [0.15, 0.2) is 0 Å². The standard InChI is InChI=1S/C28H28BrN3O2/c29-24-13-11-23(12-14-24)25(33)32-17-15-28(16-18-32)30-26(34)27(31-28,19-21-7-3-1-4-8-21)20-22-9-5-2-6-10-22/h1-14,31H,15-20H2,(H,30,34). The van der Waals surface area contributed by atoms with Gasteiger partial charge >= 0.3 is 0 Å². The van der Waals surface area contributed by atoms with Gasteiger partial charge < -0.3 is 10.2 Å². The van der Waals surface area contributed by atoms with E-state index in [-0.39, 0.29) is 11.8 Å². The first kappa shape index (κ1) is 22.8. The van der Waals surface area contributed by atoms with Gasteiger partial charge in [0.1, 0.15) is 5.54 Å². The third-order valence-electron chi connectivity index (χ3n) is 6.96. The maximum absolute atomic E-state index is 13.6. The van der Waals surface area contributed by atoms with Gasteiger partial charge in [-0.2, -0.15) is 0 Å². The Hall–Kier alpha value is -2.96. The predicted octanol–water partition coefficient (Wildman–Crippen LogP) is 4.33. The molecule has 3 aromatic carbocycles. The van der Waals surface area contributed by atoms with Crippen LogP contribution in [0.5, 0.6) is 0 Å². The molecule has 34 heavy (non-hydrogen) atoms. The highest BCUT2D eigenvalue weighted by molar-refractivity contribution is 9.10. The van der Waals surface area contributed by atoms with Crippen LogP contribution in [0.4, 0.5) is 0 Å². The van der Waals surface area contributed by atoms with Gasteiger partial charge in [0.25, 0.3) is 5.91 Å². The molecule has 5 rings (SSSR count). The minimum Gasteiger partial charge on any atom is -0.338 e. The molecule has 0 radical (unpaired) electrons. The van der Waals surface area contributed by atoms with E-state index in [1.807, 2.05) is 65.6 Å². The fourth-order valence-electron chi connectivity index (χ4n) is 5.20. The van der Waals surface area contributed by atoms with Crippen molar-refractivity contribution in [3.63, 3.8) is 0 Å². The van der Waals surface area contributed by atoms with Crippen molar-refractivity contribution < 1.29 is 9.59 Å². The van der Waals surface area contributed by atoms with Crippen molar-refractivity contribution in [3.05, 3.63) is 106 Å². The molecule has 174 valence electrons. The van der Waals surface area contributed by atoms with E-state index in [0.717, 1.165) is 15.6 Å². The van der Waals surface area contributed by atoms with Crippen molar-refractivity contribution in [2.24, 2.45) is 0 Å². The van der Waals surface area contributed by atoms with Crippen LogP contribution in [-0.2, 0) is 17.6 Å². The smallest absolute Gasteiger partial charge is 0.253 e. The summed E-state index contributed by atoms with van der Waals surface area (Å²) in [6, 6.07) is 27.8. The maximum Gasteiger partial charge on any atom is 0.253 e. The largest absolute Gasteiger partial charge is 0.338 e. The molecule has 1 spiro atoms. The molecule has 2 N–H and O–H groups in total. The number of nitrogens with zero attached hydrogens (tertiary/aromatic N) is 1. The Morgan fingerprint density at radius 3 is 1.88 bits per heavy atom. The SMILES string of the molecule is O=C(c1ccc(Br)cc1)N1CCC2(CC1)NC(=O)C(Cc1ccccc1)(Cc1ccccc1)N2. The van der Waals surface area contributed by atoms with E-state index in [2.05, 4.69) is 50.8 Å². The normalized spacial score (nSPS) is 18.6. The molecule has 2 aliphatic heterocycles. The summed E-state index contributed by atoms with van der Waals surface area (Å²) in [6.45, 7) is 1.18. The molecule has 0 aliphatic carbocycles. The van der Waals surface area contributed by atoms with E-state index >= 15 is 0 Å². The van der Waals surface area contributed by atoms with Crippen LogP contribution in [0.2, 0.25) is 0 Å². The fraction of sp³-hybridized carbons (Fsp3) is 0.286. The fourth-order valence-corrected chi connectivity index (χ4v) is 5.46. The molecule has 0 saturated carbocycles. The summed E-state index contributed by atoms with van der Waals surface area (Å²) in [5.41, 5.74) is 1.70. The van der Waals surface area contributed by atoms with Crippen molar-refractivity contribution in [2.75, 3.05) is 13.1 Å². The molecule has 5 nitrogen and oxygen atoms in total. The number of nitrogens with one attached hydrogen (secondary N) is 2. The number of amides is 2. The average molecular weight is 518 g/mol. The van der Waals surface area contributed by atoms with Crippen LogP contribution in [0.25, 0.3) is 0 Å². The Balaban J connectivity index is 1.35. The van der Waals surface area contributed by atoms with Crippen LogP contribution >= 0.6 is 15.9 Å². The van der Waals surface area contributed by atoms with Crippen LogP contribution in [0.15, 0.2) is 89.4 Å². The van der Waals surface area contributed by atoms with E-state index in [4.69, 9.17) is 0 Å². The molecule has 2 saturated heterocycles. The second kappa shape index (κ2) is 9.35. The Labute approximate surface area is 208 Å². The van der Waals surface area contributed by atoms with Gasteiger partial charge in [0, 0.05) is 36.0 Å². The van der Waals surface area contributed by atoms with E-state index < -0.39 is 11.2 Å². The summed E-state index contributed by atoms with van der Waals surface area (Å²) in [4.78, 5) is 28.5. The lowest BCUT2D eigenvalue weighted by Gasteiger charge is -2.41. The average Bonchev–Trinajstić information content (AvgIpc) is 3.11. The van der Waals surface area contributed by atoms with Crippen molar-refractivity contribution in [1.29, 1.82) is 0 Å². The highest BCUT2D eigenvalue weighted by Gasteiger charge is 2.54. The first-order valence-electron chi connectivity index (χ1n) is 11.7. The summed E-state index contributed by atoms with van der Waals surface area (Å²) in [5.74, 6) is 0.0689. The molecule has 3 aromatic rings. The third-order valence-corrected chi connectivity index (χ3v) is 7.49. The number of hydrogen-bond donors (Lipinski definition) is 2. The minimum absolute atomic E-state index is 0.0338. The molecule has 2 fully saturated rings. The molecule has 2 amide bonds. The van der Waals surface area contributed by atoms with Gasteiger partial charge in [-0.05, 0) is 48.2 Å². The predicted molar refractivity (Wildman–Crippen MR) is 136 cm³/mol. The monoisotopic (exact) mass is 517 g/mol. The Morgan fingerprint density at radius 1 is 0.824 bits per heavy atom. The van der Waals surface area contributed by atoms with E-state index in [9.17, 15) is 9.59 Å². The molecule has 0 bridgehead atoms. The quantitative estimate of drug-likeness (QED) is 0.529. The molecular weight excluding hydrogens is 490 g/mol. The van der Waals surface area contributed by atoms with E-state index in [0.29, 0.717) is 44.3 Å². The van der Waals surface area contributed by atoms with Gasteiger partial charge in [-0.25, -0.2) is 0 Å². The Morgan fingerprint density at radius 2 is 1.35 bits per heavy atom. The summed E-state index contributed by atoms with van der Waals surface area (Å²) < 4.78 is 0.952. The number of rotatable bonds is 5. The topological polar surface area (TPSA) is 61.4 Å². The molecule has 2 heterocycles. The molecule has 0 atom stereocenters. The summed E-state index contributed by atoms with van der Waals surface area (Å²) >= 11 is 3.42. The van der Waals surface area contributed by atoms with E-state index in [1.54, 1.807) is 0 Å². The first-order valence-corrected chi connectivity index (χ1v) is 12.5. The second-order valence-electron chi connectivity index (χ2n) is 9.37. The van der Waals surface area contributed by atoms with Gasteiger partial charge in [0.2, 0.25) is 5.91 Å². The maximum atomic E-state index is 13.6. The zero-order valence-corrected chi connectivity index (χ0v) is 20.6. The lowest BCUT2D eigenvalue weighted by atomic mass is 9.84. The lowest BCUT2D eigenvalue weighted by molar-refractivity contribution is -0.124. The minimum atomic E-state index is -0.736. The third kappa shape index (κ3) is 4.65. The lowest BCUT2D eigenvalue weighted by Crippen LogP contribution is -2.60. The summed E-state index contributed by atoms with van der Waals surface area (Å²) in [5, 5.41) is 7.08. The van der Waals surface area contributed by atoms with Crippen LogP contribution in [0.1, 0.15) is 34.3 Å².